The molecule has 5 nitrogen and oxygen atoms in total. The zero-order valence-electron chi connectivity index (χ0n) is 13.3. The van der Waals surface area contributed by atoms with E-state index in [9.17, 15) is 26.0 Å². The quantitative estimate of drug-likeness (QED) is 0.458. The number of hydrogen-bond acceptors (Lipinski definition) is 3. The molecule has 0 radical (unpaired) electrons. The molecule has 0 unspecified atom stereocenters. The van der Waals surface area contributed by atoms with Gasteiger partial charge in [0.25, 0.3) is 10.0 Å². The molecule has 2 aromatic carbocycles. The van der Waals surface area contributed by atoms with Crippen molar-refractivity contribution in [2.45, 2.75) is 11.4 Å². The van der Waals surface area contributed by atoms with Crippen LogP contribution in [0.4, 0.5) is 23.4 Å². The highest BCUT2D eigenvalue weighted by Crippen LogP contribution is 2.21. The Morgan fingerprint density at radius 3 is 2.19 bits per heavy atom. The molecule has 1 N–H and O–H groups in total. The molecule has 0 spiro atoms. The molecule has 3 aromatic rings. The fourth-order valence-electron chi connectivity index (χ4n) is 2.24. The van der Waals surface area contributed by atoms with E-state index in [1.165, 1.54) is 36.5 Å². The summed E-state index contributed by atoms with van der Waals surface area (Å²) in [4.78, 5) is -0.0236. The minimum absolute atomic E-state index is 0.0236. The van der Waals surface area contributed by atoms with Gasteiger partial charge >= 0.3 is 0 Å². The summed E-state index contributed by atoms with van der Waals surface area (Å²) in [5, 5.41) is 3.81. The molecule has 0 aliphatic rings. The lowest BCUT2D eigenvalue weighted by Crippen LogP contribution is -2.14. The Labute approximate surface area is 159 Å². The van der Waals surface area contributed by atoms with Gasteiger partial charge in [-0.1, -0.05) is 15.9 Å². The normalized spacial score (nSPS) is 11.6. The van der Waals surface area contributed by atoms with Crippen molar-refractivity contribution in [1.29, 1.82) is 0 Å². The summed E-state index contributed by atoms with van der Waals surface area (Å²) in [6.07, 6.45) is 1.21. The number of benzene rings is 2. The Balaban J connectivity index is 1.83. The van der Waals surface area contributed by atoms with Crippen molar-refractivity contribution in [2.75, 3.05) is 4.72 Å². The van der Waals surface area contributed by atoms with Gasteiger partial charge in [-0.3, -0.25) is 9.40 Å². The van der Waals surface area contributed by atoms with Crippen LogP contribution in [0.2, 0.25) is 0 Å². The first kappa shape index (κ1) is 19.4. The summed E-state index contributed by atoms with van der Waals surface area (Å²) >= 11 is 3.19. The van der Waals surface area contributed by atoms with Crippen molar-refractivity contribution < 1.29 is 26.0 Å². The van der Waals surface area contributed by atoms with Crippen molar-refractivity contribution in [3.05, 3.63) is 75.9 Å². The Kier molecular flexibility index (Phi) is 5.24. The van der Waals surface area contributed by atoms with Crippen molar-refractivity contribution in [3.63, 3.8) is 0 Å². The van der Waals surface area contributed by atoms with Crippen molar-refractivity contribution >= 4 is 31.8 Å². The molecule has 0 aliphatic heterocycles. The number of nitrogens with one attached hydrogen (secondary N) is 1. The van der Waals surface area contributed by atoms with Crippen molar-refractivity contribution in [2.24, 2.45) is 0 Å². The number of nitrogens with zero attached hydrogens (tertiary/aromatic N) is 2. The maximum atomic E-state index is 13.7. The molecule has 0 aliphatic carbocycles. The van der Waals surface area contributed by atoms with Gasteiger partial charge in [0, 0.05) is 22.8 Å². The zero-order valence-corrected chi connectivity index (χ0v) is 15.7. The van der Waals surface area contributed by atoms with E-state index in [1.807, 2.05) is 0 Å². The Morgan fingerprint density at radius 2 is 1.59 bits per heavy atom. The van der Waals surface area contributed by atoms with Gasteiger partial charge in [0.15, 0.2) is 29.1 Å². The van der Waals surface area contributed by atoms with Crippen LogP contribution in [0.5, 0.6) is 0 Å². The smallest absolute Gasteiger partial charge is 0.263 e. The lowest BCUT2D eigenvalue weighted by Gasteiger charge is -2.08. The van der Waals surface area contributed by atoms with Crippen molar-refractivity contribution in [1.82, 2.24) is 9.78 Å². The summed E-state index contributed by atoms with van der Waals surface area (Å²) in [5.41, 5.74) is -0.863. The van der Waals surface area contributed by atoms with Gasteiger partial charge in [0.05, 0.1) is 17.0 Å². The summed E-state index contributed by atoms with van der Waals surface area (Å²) in [7, 11) is -3.93. The van der Waals surface area contributed by atoms with Crippen LogP contribution in [-0.4, -0.2) is 18.2 Å². The predicted molar refractivity (Wildman–Crippen MR) is 92.6 cm³/mol. The first-order chi connectivity index (χ1) is 12.7. The lowest BCUT2D eigenvalue weighted by molar-refractivity contribution is 0.431. The minimum atomic E-state index is -3.93. The molecule has 0 fully saturated rings. The van der Waals surface area contributed by atoms with Gasteiger partial charge in [-0.25, -0.2) is 26.0 Å². The van der Waals surface area contributed by atoms with Gasteiger partial charge in [-0.05, 0) is 24.3 Å². The van der Waals surface area contributed by atoms with Gasteiger partial charge < -0.3 is 0 Å². The summed E-state index contributed by atoms with van der Waals surface area (Å²) in [6, 6.07) is 7.15. The van der Waals surface area contributed by atoms with Crippen LogP contribution in [-0.2, 0) is 16.6 Å². The number of rotatable bonds is 5. The van der Waals surface area contributed by atoms with E-state index in [0.717, 1.165) is 4.68 Å². The van der Waals surface area contributed by atoms with E-state index >= 15 is 0 Å². The highest BCUT2D eigenvalue weighted by atomic mass is 79.9. The molecular weight excluding hydrogens is 454 g/mol. The Hall–Kier alpha value is -2.40. The first-order valence-corrected chi connectivity index (χ1v) is 9.58. The van der Waals surface area contributed by atoms with Crippen LogP contribution in [0.1, 0.15) is 5.56 Å². The van der Waals surface area contributed by atoms with Gasteiger partial charge in [0.2, 0.25) is 0 Å². The fraction of sp³-hybridized carbons (Fsp3) is 0.0625. The second kappa shape index (κ2) is 7.31. The van der Waals surface area contributed by atoms with Crippen LogP contribution in [0.15, 0.2) is 52.0 Å². The van der Waals surface area contributed by atoms with Crippen molar-refractivity contribution in [3.8, 4) is 0 Å². The molecule has 11 heteroatoms. The molecular formula is C16H10BrF4N3O2S. The van der Waals surface area contributed by atoms with Crippen LogP contribution < -0.4 is 4.72 Å². The third-order valence-corrected chi connectivity index (χ3v) is 5.43. The highest BCUT2D eigenvalue weighted by Gasteiger charge is 2.20. The minimum Gasteiger partial charge on any atom is -0.266 e. The fourth-order valence-corrected chi connectivity index (χ4v) is 3.50. The molecule has 0 saturated heterocycles. The maximum absolute atomic E-state index is 13.7. The summed E-state index contributed by atoms with van der Waals surface area (Å²) < 4.78 is 82.4. The first-order valence-electron chi connectivity index (χ1n) is 7.31. The lowest BCUT2D eigenvalue weighted by atomic mass is 10.2. The van der Waals surface area contributed by atoms with E-state index < -0.39 is 45.4 Å². The number of anilines is 1. The third kappa shape index (κ3) is 4.14. The van der Waals surface area contributed by atoms with Crippen LogP contribution in [0.3, 0.4) is 0 Å². The zero-order chi connectivity index (χ0) is 19.8. The molecule has 0 bridgehead atoms. The van der Waals surface area contributed by atoms with Crippen LogP contribution in [0, 0.1) is 23.3 Å². The average molecular weight is 464 g/mol. The van der Waals surface area contributed by atoms with E-state index in [4.69, 9.17) is 0 Å². The number of hydrogen-bond donors (Lipinski definition) is 1. The third-order valence-electron chi connectivity index (χ3n) is 3.53. The van der Waals surface area contributed by atoms with E-state index in [1.54, 1.807) is 0 Å². The SMILES string of the molecule is O=S(=O)(Nc1ccn(Cc2c(F)c(F)cc(F)c2F)n1)c1ccc(Br)cc1. The number of halogens is 5. The summed E-state index contributed by atoms with van der Waals surface area (Å²) in [5.74, 6) is -6.28. The molecule has 142 valence electrons. The molecule has 27 heavy (non-hydrogen) atoms. The Morgan fingerprint density at radius 1 is 1.00 bits per heavy atom. The van der Waals surface area contributed by atoms with Gasteiger partial charge in [0.1, 0.15) is 0 Å². The number of sulfonamides is 1. The monoisotopic (exact) mass is 463 g/mol. The second-order valence-electron chi connectivity index (χ2n) is 5.40. The second-order valence-corrected chi connectivity index (χ2v) is 8.00. The standard InChI is InChI=1S/C16H10BrF4N3O2S/c17-9-1-3-10(4-2-9)27(25,26)23-14-5-6-24(22-14)8-11-15(20)12(18)7-13(19)16(11)21/h1-7H,8H2,(H,22,23). The largest absolute Gasteiger partial charge is 0.266 e. The Bertz CT molecular complexity index is 1080. The maximum Gasteiger partial charge on any atom is 0.263 e. The molecule has 3 rings (SSSR count). The van der Waals surface area contributed by atoms with Crippen LogP contribution >= 0.6 is 15.9 Å². The van der Waals surface area contributed by atoms with E-state index in [-0.39, 0.29) is 16.8 Å². The predicted octanol–water partition coefficient (Wildman–Crippen LogP) is 4.05. The average Bonchev–Trinajstić information content (AvgIpc) is 3.03. The molecule has 0 amide bonds. The molecule has 0 saturated carbocycles. The number of aromatic nitrogens is 2. The van der Waals surface area contributed by atoms with Crippen LogP contribution in [0.25, 0.3) is 0 Å². The van der Waals surface area contributed by atoms with E-state index in [0.29, 0.717) is 4.47 Å². The summed E-state index contributed by atoms with van der Waals surface area (Å²) in [6.45, 7) is -0.633. The van der Waals surface area contributed by atoms with Gasteiger partial charge in [-0.15, -0.1) is 0 Å². The molecule has 1 aromatic heterocycles. The molecule has 0 atom stereocenters. The highest BCUT2D eigenvalue weighted by molar-refractivity contribution is 9.10. The molecule has 1 heterocycles. The topological polar surface area (TPSA) is 64.0 Å². The van der Waals surface area contributed by atoms with E-state index in [2.05, 4.69) is 25.8 Å². The van der Waals surface area contributed by atoms with Gasteiger partial charge in [-0.2, -0.15) is 5.10 Å².